The zero-order valence-corrected chi connectivity index (χ0v) is 60.5. The Morgan fingerprint density at radius 3 is 1.26 bits per heavy atom. The summed E-state index contributed by atoms with van der Waals surface area (Å²) in [4.78, 5) is 11.3. The highest BCUT2D eigenvalue weighted by Crippen LogP contribution is 2.56. The Hall–Kier alpha value is -9.66. The molecule has 6 aliphatic carbocycles. The highest BCUT2D eigenvalue weighted by molar-refractivity contribution is 7.26. The lowest BCUT2D eigenvalue weighted by atomic mass is 9.33. The topological polar surface area (TPSA) is 13.0 Å². The SMILES string of the molecule is C1=CCC(C2=CCCC(C3=CCCCC3)C2N2c3cc(N(c4ccccc4)c4cccc5sc6ccccc6c45)ccc3B3c4ccc(N(c5ccccc5)c5cccc6sc7ccccc7c56)cc4N(C4C(C5CC=CCC5)=CCCC4C4=CCCCC4)c4cc(-c5ccccc5)cc2c43)CC1. The molecule has 12 aromatic rings. The van der Waals surface area contributed by atoms with Gasteiger partial charge in [0, 0.05) is 97.7 Å². The van der Waals surface area contributed by atoms with Crippen molar-refractivity contribution in [1.29, 1.82) is 0 Å². The largest absolute Gasteiger partial charge is 0.334 e. The number of benzene rings is 10. The number of para-hydroxylation sites is 2. The predicted molar refractivity (Wildman–Crippen MR) is 444 cm³/mol. The average Bonchev–Trinajstić information content (AvgIpc) is 1.67. The number of rotatable bonds is 13. The summed E-state index contributed by atoms with van der Waals surface area (Å²) in [5, 5.41) is 5.23. The van der Waals surface area contributed by atoms with Crippen LogP contribution in [-0.4, -0.2) is 18.8 Å². The van der Waals surface area contributed by atoms with Crippen molar-refractivity contribution in [2.45, 2.75) is 128 Å². The van der Waals surface area contributed by atoms with Gasteiger partial charge in [0.1, 0.15) is 0 Å². The van der Waals surface area contributed by atoms with E-state index in [-0.39, 0.29) is 18.8 Å². The molecule has 103 heavy (non-hydrogen) atoms. The van der Waals surface area contributed by atoms with Crippen LogP contribution in [0.2, 0.25) is 0 Å². The average molecular weight is 1370 g/mol. The lowest BCUT2D eigenvalue weighted by molar-refractivity contribution is 0.391. The molecule has 7 heteroatoms. The standard InChI is InChI=1S/C96H87BN4S2/c1-8-30-64(31-9-1)69-60-86-94-87(61-69)101(96-76(67-36-14-4-15-37-67)48-27-49-77(96)68-38-16-5-17-39-68)85-63-73(99(71-42-20-7-21-43-71)83-51-29-55-91-93(83)79-45-23-25-53-89(79)103-91)57-59-81(85)97(94)80-58-56-72(98(70-40-18-6-19-41-70)82-50-28-54-90-92(82)78-44-22-24-52-88(78)102-90)62-84(80)100(86)95-74(65-32-10-2-11-33-65)46-26-47-75(95)66-34-12-3-13-35-66/h1-2,4,6-10,14,18-25,28-31,34,38,40-46,48,50-63,65,67,75,77,95-96H,3,5,11-13,15-17,26-27,32-33,35-37,39,47,49H2. The van der Waals surface area contributed by atoms with E-state index >= 15 is 0 Å². The van der Waals surface area contributed by atoms with E-state index in [1.807, 2.05) is 22.7 Å². The van der Waals surface area contributed by atoms with Gasteiger partial charge in [0.25, 0.3) is 6.71 Å². The van der Waals surface area contributed by atoms with E-state index in [0.717, 1.165) is 62.7 Å². The van der Waals surface area contributed by atoms with Crippen LogP contribution in [0.3, 0.4) is 0 Å². The van der Waals surface area contributed by atoms with Gasteiger partial charge in [-0.1, -0.05) is 187 Å². The van der Waals surface area contributed by atoms with Crippen molar-refractivity contribution >= 4 is 143 Å². The smallest absolute Gasteiger partial charge is 0.252 e. The third-order valence-electron chi connectivity index (χ3n) is 24.8. The van der Waals surface area contributed by atoms with Crippen LogP contribution >= 0.6 is 22.7 Å². The molecule has 4 nitrogen and oxygen atoms in total. The fourth-order valence-corrected chi connectivity index (χ4v) is 22.6. The summed E-state index contributed by atoms with van der Waals surface area (Å²) >= 11 is 3.82. The van der Waals surface area contributed by atoms with E-state index in [4.69, 9.17) is 0 Å². The molecule has 0 saturated heterocycles. The minimum atomic E-state index is -0.0961. The van der Waals surface area contributed by atoms with Gasteiger partial charge < -0.3 is 19.6 Å². The Morgan fingerprint density at radius 1 is 0.350 bits per heavy atom. The van der Waals surface area contributed by atoms with E-state index in [0.29, 0.717) is 23.7 Å². The highest BCUT2D eigenvalue weighted by Gasteiger charge is 2.51. The Kier molecular flexibility index (Phi) is 16.5. The quantitative estimate of drug-likeness (QED) is 0.0842. The van der Waals surface area contributed by atoms with Crippen LogP contribution in [0.5, 0.6) is 0 Å². The van der Waals surface area contributed by atoms with E-state index in [1.54, 1.807) is 22.3 Å². The fourth-order valence-electron chi connectivity index (χ4n) is 20.3. The summed E-state index contributed by atoms with van der Waals surface area (Å²) in [5.41, 5.74) is 26.1. The summed E-state index contributed by atoms with van der Waals surface area (Å²) < 4.78 is 5.25. The second kappa shape index (κ2) is 26.9. The normalized spacial score (nSPS) is 21.6. The highest BCUT2D eigenvalue weighted by atomic mass is 32.1. The summed E-state index contributed by atoms with van der Waals surface area (Å²) in [7, 11) is 0. The molecule has 8 aliphatic rings. The molecule has 2 aromatic heterocycles. The third-order valence-corrected chi connectivity index (χ3v) is 27.1. The Morgan fingerprint density at radius 2 is 0.806 bits per heavy atom. The van der Waals surface area contributed by atoms with E-state index in [1.165, 1.54) is 178 Å². The van der Waals surface area contributed by atoms with Crippen LogP contribution in [0, 0.1) is 23.7 Å². The van der Waals surface area contributed by atoms with Crippen LogP contribution < -0.4 is 36.0 Å². The molecule has 2 aliphatic heterocycles. The molecule has 6 atom stereocenters. The second-order valence-corrected chi connectivity index (χ2v) is 32.6. The molecule has 0 saturated carbocycles. The Balaban J connectivity index is 0.907. The molecule has 20 rings (SSSR count). The molecule has 0 N–H and O–H groups in total. The molecular formula is C96H87BN4S2. The number of anilines is 10. The molecule has 6 unspecified atom stereocenters. The summed E-state index contributed by atoms with van der Waals surface area (Å²) in [6, 6.07) is 87.7. The fraction of sp³-hybridized carbons (Fsp3) is 0.250. The van der Waals surface area contributed by atoms with Crippen molar-refractivity contribution in [3.05, 3.63) is 295 Å². The maximum absolute atomic E-state index is 3.05. The van der Waals surface area contributed by atoms with Gasteiger partial charge in [0.15, 0.2) is 0 Å². The third kappa shape index (κ3) is 11.0. The molecule has 10 aromatic carbocycles. The Labute approximate surface area is 616 Å². The van der Waals surface area contributed by atoms with Gasteiger partial charge in [-0.05, 0) is 263 Å². The maximum atomic E-state index is 3.05. The van der Waals surface area contributed by atoms with Crippen LogP contribution in [0.4, 0.5) is 56.9 Å². The zero-order chi connectivity index (χ0) is 67.9. The van der Waals surface area contributed by atoms with Crippen molar-refractivity contribution in [3.63, 3.8) is 0 Å². The number of hydrogen-bond acceptors (Lipinski definition) is 6. The maximum Gasteiger partial charge on any atom is 0.252 e. The van der Waals surface area contributed by atoms with Crippen LogP contribution in [0.15, 0.2) is 295 Å². The second-order valence-electron chi connectivity index (χ2n) is 30.5. The van der Waals surface area contributed by atoms with Crippen molar-refractivity contribution in [1.82, 2.24) is 0 Å². The van der Waals surface area contributed by atoms with Crippen LogP contribution in [0.25, 0.3) is 51.5 Å². The first-order chi connectivity index (χ1) is 51.1. The van der Waals surface area contributed by atoms with E-state index < -0.39 is 0 Å². The number of fused-ring (bicyclic) bond motifs is 10. The molecule has 0 fully saturated rings. The van der Waals surface area contributed by atoms with Gasteiger partial charge in [0.05, 0.1) is 23.5 Å². The van der Waals surface area contributed by atoms with Crippen molar-refractivity contribution in [3.8, 4) is 11.1 Å². The summed E-state index contributed by atoms with van der Waals surface area (Å²) in [5.74, 6) is 1.61. The minimum Gasteiger partial charge on any atom is -0.334 e. The molecule has 0 bridgehead atoms. The van der Waals surface area contributed by atoms with Crippen LogP contribution in [0.1, 0.15) is 116 Å². The van der Waals surface area contributed by atoms with Crippen molar-refractivity contribution < 1.29 is 0 Å². The molecular weight excluding hydrogens is 1280 g/mol. The van der Waals surface area contributed by atoms with Crippen molar-refractivity contribution in [2.24, 2.45) is 23.7 Å². The monoisotopic (exact) mass is 1370 g/mol. The van der Waals surface area contributed by atoms with Gasteiger partial charge in [-0.15, -0.1) is 22.7 Å². The first kappa shape index (κ1) is 63.1. The first-order valence-electron chi connectivity index (χ1n) is 38.8. The Bertz CT molecular complexity index is 5150. The number of hydrogen-bond donors (Lipinski definition) is 0. The number of allylic oxidation sites excluding steroid dienone is 8. The lowest BCUT2D eigenvalue weighted by Gasteiger charge is -2.53. The molecule has 0 spiro atoms. The molecule has 0 radical (unpaired) electrons. The molecule has 4 heterocycles. The van der Waals surface area contributed by atoms with Gasteiger partial charge in [-0.3, -0.25) is 0 Å². The predicted octanol–water partition coefficient (Wildman–Crippen LogP) is 25.6. The molecule has 506 valence electrons. The summed E-state index contributed by atoms with van der Waals surface area (Å²) in [6.45, 7) is -0.0961. The number of nitrogens with zero attached hydrogens (tertiary/aromatic N) is 4. The van der Waals surface area contributed by atoms with E-state index in [9.17, 15) is 0 Å². The van der Waals surface area contributed by atoms with Gasteiger partial charge in [0.2, 0.25) is 0 Å². The van der Waals surface area contributed by atoms with Gasteiger partial charge in [-0.2, -0.15) is 0 Å². The molecule has 0 amide bonds. The minimum absolute atomic E-state index is 0.0961. The zero-order valence-electron chi connectivity index (χ0n) is 58.9. The first-order valence-corrected chi connectivity index (χ1v) is 40.5. The summed E-state index contributed by atoms with van der Waals surface area (Å²) in [6.07, 6.45) is 42.1. The van der Waals surface area contributed by atoms with E-state index in [2.05, 4.69) is 293 Å². The lowest BCUT2D eigenvalue weighted by Crippen LogP contribution is -2.65. The van der Waals surface area contributed by atoms with Crippen LogP contribution in [-0.2, 0) is 0 Å². The van der Waals surface area contributed by atoms with Gasteiger partial charge >= 0.3 is 0 Å². The number of thiophene rings is 2. The van der Waals surface area contributed by atoms with Gasteiger partial charge in [-0.25, -0.2) is 0 Å². The van der Waals surface area contributed by atoms with Crippen molar-refractivity contribution in [2.75, 3.05) is 19.6 Å².